The van der Waals surface area contributed by atoms with Crippen LogP contribution in [-0.4, -0.2) is 51.5 Å². The first kappa shape index (κ1) is 19.0. The number of ether oxygens (including phenoxy) is 1. The van der Waals surface area contributed by atoms with Crippen molar-refractivity contribution in [1.29, 1.82) is 0 Å². The van der Waals surface area contributed by atoms with Crippen molar-refractivity contribution in [3.05, 3.63) is 41.2 Å². The van der Waals surface area contributed by atoms with Crippen molar-refractivity contribution in [2.24, 2.45) is 0 Å². The van der Waals surface area contributed by atoms with Crippen LogP contribution in [0.4, 0.5) is 0 Å². The fraction of sp³-hybridized carbons (Fsp3) is 0.318. The van der Waals surface area contributed by atoms with Gasteiger partial charge >= 0.3 is 5.97 Å². The lowest BCUT2D eigenvalue weighted by Gasteiger charge is -2.21. The zero-order valence-electron chi connectivity index (χ0n) is 16.7. The van der Waals surface area contributed by atoms with Gasteiger partial charge in [0.15, 0.2) is 0 Å². The van der Waals surface area contributed by atoms with E-state index < -0.39 is 12.0 Å². The van der Waals surface area contributed by atoms with Crippen LogP contribution in [0.1, 0.15) is 42.9 Å². The van der Waals surface area contributed by atoms with Crippen molar-refractivity contribution in [3.8, 4) is 5.75 Å². The molecule has 1 aliphatic heterocycles. The van der Waals surface area contributed by atoms with Gasteiger partial charge in [-0.05, 0) is 51.0 Å². The lowest BCUT2D eigenvalue weighted by Crippen LogP contribution is -2.40. The van der Waals surface area contributed by atoms with Crippen molar-refractivity contribution in [3.63, 3.8) is 0 Å². The number of carbonyl (C=O) groups is 2. The average Bonchev–Trinajstić information content (AvgIpc) is 3.31. The smallest absolute Gasteiger partial charge is 0.326 e. The van der Waals surface area contributed by atoms with E-state index in [1.54, 1.807) is 13.2 Å². The third kappa shape index (κ3) is 3.33. The van der Waals surface area contributed by atoms with Gasteiger partial charge in [0.25, 0.3) is 5.91 Å². The van der Waals surface area contributed by atoms with Crippen LogP contribution in [0.3, 0.4) is 0 Å². The number of benzene rings is 1. The molecular formula is C22H23N3O4. The number of carboxylic acid groups (broad SMARTS) is 1. The maximum Gasteiger partial charge on any atom is 0.326 e. The van der Waals surface area contributed by atoms with Gasteiger partial charge in [-0.1, -0.05) is 5.57 Å². The normalized spacial score (nSPS) is 16.4. The van der Waals surface area contributed by atoms with E-state index in [1.807, 2.05) is 38.1 Å². The number of hydrogen-bond donors (Lipinski definition) is 2. The minimum atomic E-state index is -0.972. The molecule has 0 radical (unpaired) electrons. The molecule has 150 valence electrons. The number of hydrogen-bond acceptors (Lipinski definition) is 4. The molecule has 29 heavy (non-hydrogen) atoms. The van der Waals surface area contributed by atoms with Gasteiger partial charge in [-0.25, -0.2) is 9.78 Å². The lowest BCUT2D eigenvalue weighted by molar-refractivity contribution is -0.141. The Morgan fingerprint density at radius 1 is 1.28 bits per heavy atom. The maximum absolute atomic E-state index is 13.2. The fourth-order valence-corrected chi connectivity index (χ4v) is 3.93. The second-order valence-electron chi connectivity index (χ2n) is 7.57. The van der Waals surface area contributed by atoms with Crippen molar-refractivity contribution < 1.29 is 19.4 Å². The van der Waals surface area contributed by atoms with Gasteiger partial charge in [-0.3, -0.25) is 4.79 Å². The number of carboxylic acids is 1. The summed E-state index contributed by atoms with van der Waals surface area (Å²) in [4.78, 5) is 34.1. The number of aromatic amines is 1. The summed E-state index contributed by atoms with van der Waals surface area (Å²) in [6.45, 7) is 4.36. The number of aromatic nitrogens is 2. The number of fused-ring (bicyclic) bond motifs is 3. The highest BCUT2D eigenvalue weighted by Crippen LogP contribution is 2.32. The van der Waals surface area contributed by atoms with Crippen LogP contribution in [-0.2, 0) is 4.79 Å². The topological polar surface area (TPSA) is 95.5 Å². The molecule has 1 aromatic carbocycles. The summed E-state index contributed by atoms with van der Waals surface area (Å²) in [5, 5.41) is 11.3. The Balaban J connectivity index is 1.90. The molecule has 1 saturated heterocycles. The monoisotopic (exact) mass is 393 g/mol. The van der Waals surface area contributed by atoms with Gasteiger partial charge in [-0.2, -0.15) is 0 Å². The molecule has 4 rings (SSSR count). The second kappa shape index (κ2) is 7.24. The van der Waals surface area contributed by atoms with Gasteiger partial charge in [-0.15, -0.1) is 0 Å². The number of nitrogens with zero attached hydrogens (tertiary/aromatic N) is 2. The van der Waals surface area contributed by atoms with Crippen LogP contribution in [0.5, 0.6) is 5.75 Å². The van der Waals surface area contributed by atoms with Crippen molar-refractivity contribution in [2.45, 2.75) is 32.7 Å². The number of pyridine rings is 1. The number of amides is 1. The Morgan fingerprint density at radius 3 is 2.76 bits per heavy atom. The van der Waals surface area contributed by atoms with Gasteiger partial charge in [0.2, 0.25) is 0 Å². The zero-order chi connectivity index (χ0) is 20.7. The molecule has 2 N–H and O–H groups in total. The SMILES string of the molecule is COc1ccc2c(c1)[nH]c1c(C=C(C)C)nc(C(=O)N3CCC[C@H]3C(=O)O)cc12. The van der Waals surface area contributed by atoms with E-state index in [2.05, 4.69) is 9.97 Å². The summed E-state index contributed by atoms with van der Waals surface area (Å²) in [5.74, 6) is -0.581. The van der Waals surface area contributed by atoms with E-state index in [1.165, 1.54) is 4.90 Å². The van der Waals surface area contributed by atoms with Crippen LogP contribution in [0.2, 0.25) is 0 Å². The highest BCUT2D eigenvalue weighted by molar-refractivity contribution is 6.11. The first-order valence-electron chi connectivity index (χ1n) is 9.58. The lowest BCUT2D eigenvalue weighted by atomic mass is 10.1. The fourth-order valence-electron chi connectivity index (χ4n) is 3.93. The van der Waals surface area contributed by atoms with Crippen LogP contribution >= 0.6 is 0 Å². The Morgan fingerprint density at radius 2 is 2.07 bits per heavy atom. The molecule has 1 fully saturated rings. The predicted octanol–water partition coefficient (Wildman–Crippen LogP) is 3.84. The highest BCUT2D eigenvalue weighted by atomic mass is 16.5. The quantitative estimate of drug-likeness (QED) is 0.702. The molecule has 0 spiro atoms. The van der Waals surface area contributed by atoms with Crippen LogP contribution in [0, 0.1) is 0 Å². The van der Waals surface area contributed by atoms with Crippen molar-refractivity contribution >= 4 is 39.8 Å². The summed E-state index contributed by atoms with van der Waals surface area (Å²) in [7, 11) is 1.62. The van der Waals surface area contributed by atoms with Crippen LogP contribution in [0.25, 0.3) is 27.9 Å². The molecule has 1 atom stereocenters. The summed E-state index contributed by atoms with van der Waals surface area (Å²) in [5.41, 5.74) is 3.69. The third-order valence-electron chi connectivity index (χ3n) is 5.27. The average molecular weight is 393 g/mol. The third-order valence-corrected chi connectivity index (χ3v) is 5.27. The molecular weight excluding hydrogens is 370 g/mol. The minimum Gasteiger partial charge on any atom is -0.497 e. The summed E-state index contributed by atoms with van der Waals surface area (Å²) < 4.78 is 5.31. The predicted molar refractivity (Wildman–Crippen MR) is 111 cm³/mol. The zero-order valence-corrected chi connectivity index (χ0v) is 16.7. The Hall–Kier alpha value is -3.35. The molecule has 7 heteroatoms. The molecule has 1 amide bonds. The Kier molecular flexibility index (Phi) is 4.74. The van der Waals surface area contributed by atoms with Crippen molar-refractivity contribution in [2.75, 3.05) is 13.7 Å². The standard InChI is InChI=1S/C22H23N3O4/c1-12(2)9-17-20-15(14-7-6-13(29-3)10-16(14)24-20)11-18(23-17)21(26)25-8-4-5-19(25)22(27)28/h6-7,9-11,19,24H,4-5,8H2,1-3H3,(H,27,28)/t19-/m0/s1. The molecule has 3 heterocycles. The summed E-state index contributed by atoms with van der Waals surface area (Å²) >= 11 is 0. The first-order valence-corrected chi connectivity index (χ1v) is 9.58. The molecule has 0 aliphatic carbocycles. The number of allylic oxidation sites excluding steroid dienone is 1. The summed E-state index contributed by atoms with van der Waals surface area (Å²) in [6, 6.07) is 6.69. The van der Waals surface area contributed by atoms with E-state index >= 15 is 0 Å². The van der Waals surface area contributed by atoms with Crippen LogP contribution < -0.4 is 4.74 Å². The van der Waals surface area contributed by atoms with E-state index in [0.29, 0.717) is 25.1 Å². The molecule has 0 saturated carbocycles. The number of nitrogens with one attached hydrogen (secondary N) is 1. The highest BCUT2D eigenvalue weighted by Gasteiger charge is 2.35. The van der Waals surface area contributed by atoms with E-state index in [9.17, 15) is 14.7 Å². The number of methoxy groups -OCH3 is 1. The number of likely N-dealkylation sites (tertiary alicyclic amines) is 1. The number of carbonyl (C=O) groups excluding carboxylic acids is 1. The molecule has 0 bridgehead atoms. The Bertz CT molecular complexity index is 1160. The van der Waals surface area contributed by atoms with E-state index in [4.69, 9.17) is 4.74 Å². The first-order chi connectivity index (χ1) is 13.9. The van der Waals surface area contributed by atoms with Gasteiger partial charge in [0.1, 0.15) is 17.5 Å². The largest absolute Gasteiger partial charge is 0.497 e. The molecule has 7 nitrogen and oxygen atoms in total. The molecule has 2 aromatic heterocycles. The van der Waals surface area contributed by atoms with E-state index in [-0.39, 0.29) is 11.6 Å². The van der Waals surface area contributed by atoms with Crippen molar-refractivity contribution in [1.82, 2.24) is 14.9 Å². The maximum atomic E-state index is 13.2. The number of H-pyrrole nitrogens is 1. The number of rotatable bonds is 4. The minimum absolute atomic E-state index is 0.259. The number of aliphatic carboxylic acids is 1. The Labute approximate surface area is 168 Å². The van der Waals surface area contributed by atoms with Gasteiger partial charge < -0.3 is 19.7 Å². The molecule has 0 unspecified atom stereocenters. The van der Waals surface area contributed by atoms with Crippen LogP contribution in [0.15, 0.2) is 29.8 Å². The van der Waals surface area contributed by atoms with Gasteiger partial charge in [0.05, 0.1) is 23.8 Å². The van der Waals surface area contributed by atoms with E-state index in [0.717, 1.165) is 33.1 Å². The van der Waals surface area contributed by atoms with Gasteiger partial charge in [0, 0.05) is 23.4 Å². The molecule has 3 aromatic rings. The summed E-state index contributed by atoms with van der Waals surface area (Å²) in [6.07, 6.45) is 3.07. The second-order valence-corrected chi connectivity index (χ2v) is 7.57. The molecule has 1 aliphatic rings.